The molecule has 0 aliphatic heterocycles. The molecule has 4 nitrogen and oxygen atoms in total. The minimum absolute atomic E-state index is 0.307. The molecule has 4 heteroatoms. The number of carboxylic acids is 1. The topological polar surface area (TPSA) is 63.6 Å². The summed E-state index contributed by atoms with van der Waals surface area (Å²) >= 11 is 0. The van der Waals surface area contributed by atoms with Gasteiger partial charge in [-0.3, -0.25) is 9.59 Å². The molecule has 0 aromatic heterocycles. The molecule has 16 heavy (non-hydrogen) atoms. The Morgan fingerprint density at radius 3 is 2.38 bits per heavy atom. The molecule has 2 aliphatic rings. The first-order chi connectivity index (χ1) is 7.68. The Kier molecular flexibility index (Phi) is 3.46. The van der Waals surface area contributed by atoms with Crippen LogP contribution in [0.2, 0.25) is 0 Å². The van der Waals surface area contributed by atoms with Crippen LogP contribution in [0.25, 0.3) is 0 Å². The lowest BCUT2D eigenvalue weighted by Gasteiger charge is -2.20. The van der Waals surface area contributed by atoms with E-state index >= 15 is 0 Å². The maximum Gasteiger partial charge on any atom is 0.309 e. The van der Waals surface area contributed by atoms with Gasteiger partial charge in [0, 0.05) is 0 Å². The van der Waals surface area contributed by atoms with Crippen LogP contribution in [0.4, 0.5) is 0 Å². The van der Waals surface area contributed by atoms with Gasteiger partial charge < -0.3 is 9.84 Å². The molecule has 2 atom stereocenters. The molecule has 0 spiro atoms. The number of aliphatic carboxylic acids is 1. The van der Waals surface area contributed by atoms with E-state index in [-0.39, 0.29) is 11.9 Å². The SMILES string of the molecule is O=C(O)C1CC1C(=O)OCC1CCCCC1. The van der Waals surface area contributed by atoms with Gasteiger partial charge in [-0.25, -0.2) is 0 Å². The van der Waals surface area contributed by atoms with Crippen LogP contribution >= 0.6 is 0 Å². The number of ether oxygens (including phenoxy) is 1. The number of carbonyl (C=O) groups is 2. The van der Waals surface area contributed by atoms with E-state index < -0.39 is 11.9 Å². The van der Waals surface area contributed by atoms with Crippen LogP contribution in [0.1, 0.15) is 38.5 Å². The second kappa shape index (κ2) is 4.85. The van der Waals surface area contributed by atoms with Crippen LogP contribution in [-0.2, 0) is 14.3 Å². The third-order valence-electron chi connectivity index (χ3n) is 3.60. The fraction of sp³-hybridized carbons (Fsp3) is 0.833. The van der Waals surface area contributed by atoms with E-state index in [2.05, 4.69) is 0 Å². The Balaban J connectivity index is 1.66. The van der Waals surface area contributed by atoms with Crippen molar-refractivity contribution in [3.8, 4) is 0 Å². The molecule has 0 saturated heterocycles. The van der Waals surface area contributed by atoms with E-state index in [0.717, 1.165) is 12.8 Å². The molecule has 90 valence electrons. The highest BCUT2D eigenvalue weighted by atomic mass is 16.5. The standard InChI is InChI=1S/C12H18O4/c13-11(14)9-6-10(9)12(15)16-7-8-4-2-1-3-5-8/h8-10H,1-7H2,(H,13,14). The zero-order valence-corrected chi connectivity index (χ0v) is 9.35. The average molecular weight is 226 g/mol. The second-order valence-corrected chi connectivity index (χ2v) is 4.92. The zero-order chi connectivity index (χ0) is 11.5. The summed E-state index contributed by atoms with van der Waals surface area (Å²) in [6.07, 6.45) is 6.47. The molecule has 0 bridgehead atoms. The normalized spacial score (nSPS) is 29.8. The molecule has 2 rings (SSSR count). The van der Waals surface area contributed by atoms with Gasteiger partial charge in [0.05, 0.1) is 18.4 Å². The smallest absolute Gasteiger partial charge is 0.309 e. The van der Waals surface area contributed by atoms with E-state index in [1.165, 1.54) is 19.3 Å². The molecule has 2 aliphatic carbocycles. The van der Waals surface area contributed by atoms with E-state index in [1.807, 2.05) is 0 Å². The number of rotatable bonds is 4. The van der Waals surface area contributed by atoms with Gasteiger partial charge in [0.2, 0.25) is 0 Å². The van der Waals surface area contributed by atoms with Crippen molar-refractivity contribution >= 4 is 11.9 Å². The fourth-order valence-corrected chi connectivity index (χ4v) is 2.39. The Bertz CT molecular complexity index is 281. The van der Waals surface area contributed by atoms with Crippen LogP contribution in [0.3, 0.4) is 0 Å². The molecule has 2 fully saturated rings. The molecular formula is C12H18O4. The first-order valence-corrected chi connectivity index (χ1v) is 6.08. The Morgan fingerprint density at radius 2 is 1.81 bits per heavy atom. The van der Waals surface area contributed by atoms with Crippen LogP contribution in [0.5, 0.6) is 0 Å². The predicted molar refractivity (Wildman–Crippen MR) is 56.8 cm³/mol. The monoisotopic (exact) mass is 226 g/mol. The fourth-order valence-electron chi connectivity index (χ4n) is 2.39. The Morgan fingerprint density at radius 1 is 1.12 bits per heavy atom. The molecule has 0 aromatic rings. The zero-order valence-electron chi connectivity index (χ0n) is 9.35. The summed E-state index contributed by atoms with van der Waals surface area (Å²) in [5.74, 6) is -1.54. The number of hydrogen-bond donors (Lipinski definition) is 1. The van der Waals surface area contributed by atoms with Crippen molar-refractivity contribution < 1.29 is 19.4 Å². The van der Waals surface area contributed by atoms with Gasteiger partial charge in [-0.05, 0) is 25.2 Å². The first-order valence-electron chi connectivity index (χ1n) is 6.08. The maximum atomic E-state index is 11.5. The van der Waals surface area contributed by atoms with Gasteiger partial charge in [0.25, 0.3) is 0 Å². The number of carbonyl (C=O) groups excluding carboxylic acids is 1. The first kappa shape index (κ1) is 11.4. The molecule has 2 unspecified atom stereocenters. The van der Waals surface area contributed by atoms with Crippen molar-refractivity contribution in [1.29, 1.82) is 0 Å². The van der Waals surface area contributed by atoms with Gasteiger partial charge in [0.1, 0.15) is 0 Å². The molecular weight excluding hydrogens is 208 g/mol. The summed E-state index contributed by atoms with van der Waals surface area (Å²) < 4.78 is 5.18. The van der Waals surface area contributed by atoms with E-state index in [9.17, 15) is 9.59 Å². The van der Waals surface area contributed by atoms with Gasteiger partial charge >= 0.3 is 11.9 Å². The van der Waals surface area contributed by atoms with Gasteiger partial charge in [0.15, 0.2) is 0 Å². The summed E-state index contributed by atoms with van der Waals surface area (Å²) in [6.45, 7) is 0.488. The van der Waals surface area contributed by atoms with E-state index in [4.69, 9.17) is 9.84 Å². The van der Waals surface area contributed by atoms with Gasteiger partial charge in [-0.2, -0.15) is 0 Å². The third kappa shape index (κ3) is 2.74. The summed E-state index contributed by atoms with van der Waals surface area (Å²) in [6, 6.07) is 0. The Labute approximate surface area is 95.0 Å². The van der Waals surface area contributed by atoms with Crippen LogP contribution < -0.4 is 0 Å². The van der Waals surface area contributed by atoms with Crippen molar-refractivity contribution in [2.45, 2.75) is 38.5 Å². The van der Waals surface area contributed by atoms with Crippen molar-refractivity contribution in [1.82, 2.24) is 0 Å². The number of hydrogen-bond acceptors (Lipinski definition) is 3. The van der Waals surface area contributed by atoms with Crippen LogP contribution in [-0.4, -0.2) is 23.7 Å². The molecule has 0 amide bonds. The molecule has 0 aromatic carbocycles. The highest BCUT2D eigenvalue weighted by Crippen LogP contribution is 2.39. The molecule has 2 saturated carbocycles. The van der Waals surface area contributed by atoms with Gasteiger partial charge in [-0.15, -0.1) is 0 Å². The summed E-state index contributed by atoms with van der Waals surface area (Å²) in [5.41, 5.74) is 0. The summed E-state index contributed by atoms with van der Waals surface area (Å²) in [7, 11) is 0. The maximum absolute atomic E-state index is 11.5. The van der Waals surface area contributed by atoms with Gasteiger partial charge in [-0.1, -0.05) is 19.3 Å². The molecule has 1 N–H and O–H groups in total. The quantitative estimate of drug-likeness (QED) is 0.743. The van der Waals surface area contributed by atoms with Crippen molar-refractivity contribution in [2.24, 2.45) is 17.8 Å². The lowest BCUT2D eigenvalue weighted by atomic mass is 9.90. The van der Waals surface area contributed by atoms with Crippen molar-refractivity contribution in [3.05, 3.63) is 0 Å². The summed E-state index contributed by atoms with van der Waals surface area (Å²) in [5, 5.41) is 8.68. The second-order valence-electron chi connectivity index (χ2n) is 4.92. The average Bonchev–Trinajstić information content (AvgIpc) is 3.07. The minimum Gasteiger partial charge on any atom is -0.481 e. The minimum atomic E-state index is -0.875. The Hall–Kier alpha value is -1.06. The lowest BCUT2D eigenvalue weighted by molar-refractivity contribution is -0.150. The van der Waals surface area contributed by atoms with Crippen LogP contribution in [0.15, 0.2) is 0 Å². The number of carboxylic acid groups (broad SMARTS) is 1. The number of esters is 1. The third-order valence-corrected chi connectivity index (χ3v) is 3.60. The summed E-state index contributed by atoms with van der Waals surface area (Å²) in [4.78, 5) is 22.1. The highest BCUT2D eigenvalue weighted by Gasteiger charge is 2.49. The molecule has 0 heterocycles. The molecule has 0 radical (unpaired) electrons. The van der Waals surface area contributed by atoms with Crippen molar-refractivity contribution in [2.75, 3.05) is 6.61 Å². The lowest BCUT2D eigenvalue weighted by Crippen LogP contribution is -2.18. The predicted octanol–water partition coefficient (Wildman–Crippen LogP) is 1.83. The van der Waals surface area contributed by atoms with E-state index in [1.54, 1.807) is 0 Å². The van der Waals surface area contributed by atoms with Crippen LogP contribution in [0, 0.1) is 17.8 Å². The van der Waals surface area contributed by atoms with E-state index in [0.29, 0.717) is 18.9 Å². The largest absolute Gasteiger partial charge is 0.481 e. The highest BCUT2D eigenvalue weighted by molar-refractivity contribution is 5.86. The van der Waals surface area contributed by atoms with Crippen molar-refractivity contribution in [3.63, 3.8) is 0 Å².